The number of hydrogen-bond donors (Lipinski definition) is 14. The first kappa shape index (κ1) is 83.7. The number of nitrogens with one attached hydrogen (secondary N) is 2. The summed E-state index contributed by atoms with van der Waals surface area (Å²) in [5.74, 6) is -6.10. The van der Waals surface area contributed by atoms with Gasteiger partial charge in [0.1, 0.15) is 67.1 Å². The van der Waals surface area contributed by atoms with E-state index in [-0.39, 0.29) is 18.9 Å². The lowest BCUT2D eigenvalue weighted by atomic mass is 9.88. The minimum Gasteiger partial charge on any atom is -0.477 e. The average Bonchev–Trinajstić information content (AvgIpc) is 0.768. The van der Waals surface area contributed by atoms with Gasteiger partial charge in [0.2, 0.25) is 11.8 Å². The Kier molecular flexibility index (Phi) is 45.4. The fourth-order valence-corrected chi connectivity index (χ4v) is 12.7. The number of rotatable bonds is 55. The van der Waals surface area contributed by atoms with Crippen LogP contribution < -0.4 is 10.6 Å². The van der Waals surface area contributed by atoms with Gasteiger partial charge in [0.05, 0.1) is 50.7 Å². The van der Waals surface area contributed by atoms with Gasteiger partial charge in [0, 0.05) is 19.8 Å². The van der Waals surface area contributed by atoms with E-state index in [0.29, 0.717) is 19.3 Å². The van der Waals surface area contributed by atoms with E-state index in [2.05, 4.69) is 36.6 Å². The Morgan fingerprint density at radius 3 is 1.47 bits per heavy atom. The summed E-state index contributed by atoms with van der Waals surface area (Å²) in [7, 11) is 0. The van der Waals surface area contributed by atoms with Crippen LogP contribution in [0.4, 0.5) is 0 Å². The highest BCUT2D eigenvalue weighted by molar-refractivity contribution is 5.77. The van der Waals surface area contributed by atoms with Crippen LogP contribution in [-0.2, 0) is 42.8 Å². The first-order valence-corrected chi connectivity index (χ1v) is 36.0. The van der Waals surface area contributed by atoms with Gasteiger partial charge in [-0.2, -0.15) is 0 Å². The number of aliphatic carboxylic acids is 1. The van der Waals surface area contributed by atoms with Crippen molar-refractivity contribution in [2.24, 2.45) is 0 Å². The lowest BCUT2D eigenvalue weighted by Crippen LogP contribution is -2.70. The molecule has 18 unspecified atom stereocenters. The molecule has 92 heavy (non-hydrogen) atoms. The van der Waals surface area contributed by atoms with Crippen molar-refractivity contribution in [3.63, 3.8) is 0 Å². The third-order valence-corrected chi connectivity index (χ3v) is 18.5. The number of carboxylic acids is 1. The highest BCUT2D eigenvalue weighted by Crippen LogP contribution is 2.39. The molecular weight excluding hydrogens is 1190 g/mol. The van der Waals surface area contributed by atoms with Crippen LogP contribution in [0.3, 0.4) is 0 Å². The van der Waals surface area contributed by atoms with Gasteiger partial charge in [0.25, 0.3) is 5.79 Å². The number of aliphatic hydroxyl groups excluding tert-OH is 11. The molecule has 23 heteroatoms. The predicted octanol–water partition coefficient (Wildman–Crippen LogP) is 7.07. The smallest absolute Gasteiger partial charge is 0.364 e. The number of ether oxygens (including phenoxy) is 6. The van der Waals surface area contributed by atoms with E-state index < -0.39 is 148 Å². The van der Waals surface area contributed by atoms with Crippen LogP contribution in [0.1, 0.15) is 271 Å². The molecule has 0 bridgehead atoms. The number of carbonyl (C=O) groups is 3. The minimum atomic E-state index is -3.08. The van der Waals surface area contributed by atoms with E-state index in [1.54, 1.807) is 0 Å². The molecule has 3 aliphatic heterocycles. The van der Waals surface area contributed by atoms with Gasteiger partial charge in [-0.05, 0) is 38.5 Å². The predicted molar refractivity (Wildman–Crippen MR) is 348 cm³/mol. The van der Waals surface area contributed by atoms with Crippen molar-refractivity contribution in [3.05, 3.63) is 12.2 Å². The van der Waals surface area contributed by atoms with Gasteiger partial charge in [-0.25, -0.2) is 4.79 Å². The van der Waals surface area contributed by atoms with E-state index in [4.69, 9.17) is 28.4 Å². The maximum atomic E-state index is 13.5. The van der Waals surface area contributed by atoms with Crippen molar-refractivity contribution in [3.8, 4) is 0 Å². The van der Waals surface area contributed by atoms with Gasteiger partial charge in [-0.15, -0.1) is 0 Å². The summed E-state index contributed by atoms with van der Waals surface area (Å²) in [6.07, 6.45) is 19.2. The van der Waals surface area contributed by atoms with Crippen molar-refractivity contribution in [2.75, 3.05) is 26.4 Å². The molecule has 3 fully saturated rings. The largest absolute Gasteiger partial charge is 0.477 e. The first-order valence-electron chi connectivity index (χ1n) is 36.0. The molecule has 18 atom stereocenters. The first-order chi connectivity index (χ1) is 44.4. The summed E-state index contributed by atoms with van der Waals surface area (Å²) in [4.78, 5) is 38.6. The highest BCUT2D eigenvalue weighted by Gasteiger charge is 2.60. The molecule has 3 rings (SSSR count). The number of unbranched alkanes of at least 4 members (excludes halogenated alkanes) is 33. The molecule has 0 spiro atoms. The Labute approximate surface area is 550 Å². The number of allylic oxidation sites excluding steroid dienone is 2. The molecule has 0 radical (unpaired) electrons. The van der Waals surface area contributed by atoms with E-state index in [0.717, 1.165) is 84.0 Å². The van der Waals surface area contributed by atoms with Crippen LogP contribution in [-0.4, -0.2) is 215 Å². The standard InChI is InChI=1S/C69H128N2O21/c1-4-6-8-10-12-14-16-18-20-22-24-25-27-29-31-33-35-37-39-41-43-56(79)71-50(51(76)42-40-38-36-34-32-30-28-26-23-21-19-17-15-13-11-9-7-5-2)48-87-66-61(83)60(82)63(55(47-74)89-66)90-67-62(84)65(59(81)54(46-73)88-67)92-69(68(85)86)44-52(77)57(70-49(3)75)64(91-69)58(80)53(78)45-72/h24-25,50-55,57-67,72-74,76-78,80-84H,4-23,26-48H2,1-3H3,(H,70,75)(H,71,79)(H,85,86)/b25-24-. The van der Waals surface area contributed by atoms with E-state index in [1.165, 1.54) is 141 Å². The molecule has 14 N–H and O–H groups in total. The zero-order valence-electron chi connectivity index (χ0n) is 56.4. The van der Waals surface area contributed by atoms with Crippen LogP contribution in [0.2, 0.25) is 0 Å². The molecular formula is C69H128N2O21. The van der Waals surface area contributed by atoms with Gasteiger partial charge in [-0.1, -0.05) is 225 Å². The van der Waals surface area contributed by atoms with Crippen molar-refractivity contribution in [1.29, 1.82) is 0 Å². The van der Waals surface area contributed by atoms with Crippen LogP contribution in [0, 0.1) is 0 Å². The number of hydrogen-bond acceptors (Lipinski definition) is 20. The Morgan fingerprint density at radius 1 is 0.554 bits per heavy atom. The zero-order valence-corrected chi connectivity index (χ0v) is 56.4. The summed E-state index contributed by atoms with van der Waals surface area (Å²) in [5, 5.41) is 136. The molecule has 0 aliphatic carbocycles. The molecule has 540 valence electrons. The lowest BCUT2D eigenvalue weighted by molar-refractivity contribution is -0.386. The third-order valence-electron chi connectivity index (χ3n) is 18.5. The van der Waals surface area contributed by atoms with Crippen LogP contribution in [0.5, 0.6) is 0 Å². The second-order valence-electron chi connectivity index (χ2n) is 26.5. The number of carboxylic acid groups (broad SMARTS) is 1. The summed E-state index contributed by atoms with van der Waals surface area (Å²) < 4.78 is 34.9. The normalized spacial score (nSPS) is 28.3. The summed E-state index contributed by atoms with van der Waals surface area (Å²) >= 11 is 0. The van der Waals surface area contributed by atoms with Crippen LogP contribution in [0.15, 0.2) is 12.2 Å². The lowest BCUT2D eigenvalue weighted by Gasteiger charge is -2.50. The van der Waals surface area contributed by atoms with Crippen molar-refractivity contribution >= 4 is 17.8 Å². The fourth-order valence-electron chi connectivity index (χ4n) is 12.7. The summed E-state index contributed by atoms with van der Waals surface area (Å²) in [6.45, 7) is 2.22. The third kappa shape index (κ3) is 31.8. The Balaban J connectivity index is 1.58. The van der Waals surface area contributed by atoms with Crippen molar-refractivity contribution in [2.45, 2.75) is 381 Å². The van der Waals surface area contributed by atoms with Crippen molar-refractivity contribution < 1.29 is 104 Å². The fraction of sp³-hybridized carbons (Fsp3) is 0.928. The topological polar surface area (TPSA) is 373 Å². The average molecular weight is 1320 g/mol. The molecule has 0 aromatic heterocycles. The van der Waals surface area contributed by atoms with E-state index in [9.17, 15) is 75.7 Å². The molecule has 2 amide bonds. The second-order valence-corrected chi connectivity index (χ2v) is 26.5. The second kappa shape index (κ2) is 49.9. The summed E-state index contributed by atoms with van der Waals surface area (Å²) in [5.41, 5.74) is 0. The van der Waals surface area contributed by atoms with Gasteiger partial charge in [-0.3, -0.25) is 9.59 Å². The maximum Gasteiger partial charge on any atom is 0.364 e. The maximum absolute atomic E-state index is 13.5. The highest BCUT2D eigenvalue weighted by atomic mass is 16.8. The zero-order chi connectivity index (χ0) is 67.5. The molecule has 23 nitrogen and oxygen atoms in total. The molecule has 3 heterocycles. The number of aliphatic hydroxyl groups is 11. The molecule has 3 saturated heterocycles. The van der Waals surface area contributed by atoms with Gasteiger partial charge < -0.3 is 100 Å². The molecule has 3 aliphatic rings. The Bertz CT molecular complexity index is 1910. The molecule has 0 aromatic rings. The monoisotopic (exact) mass is 1320 g/mol. The Hall–Kier alpha value is -2.53. The van der Waals surface area contributed by atoms with Gasteiger partial charge >= 0.3 is 5.97 Å². The van der Waals surface area contributed by atoms with Crippen molar-refractivity contribution in [1.82, 2.24) is 10.6 Å². The number of carbonyl (C=O) groups excluding carboxylic acids is 2. The summed E-state index contributed by atoms with van der Waals surface area (Å²) in [6, 6.07) is -2.53. The van der Waals surface area contributed by atoms with Crippen LogP contribution >= 0.6 is 0 Å². The molecule has 0 aromatic carbocycles. The Morgan fingerprint density at radius 2 is 1.01 bits per heavy atom. The quantitative estimate of drug-likeness (QED) is 0.0214. The van der Waals surface area contributed by atoms with E-state index in [1.807, 2.05) is 0 Å². The number of amides is 2. The van der Waals surface area contributed by atoms with Gasteiger partial charge in [0.15, 0.2) is 12.6 Å². The van der Waals surface area contributed by atoms with Crippen LogP contribution in [0.25, 0.3) is 0 Å². The SMILES string of the molecule is CCCCCCCCCCC/C=C\CCCCCCCCCC(=O)NC(COC1OC(CO)C(OC2OC(CO)C(O)C(OC3(C(=O)O)CC(O)C(NC(C)=O)C(C(O)C(O)CO)O3)C2O)C(O)C1O)C(O)CCCCCCCCCCCCCCCCCCCC. The van der Waals surface area contributed by atoms with E-state index >= 15 is 0 Å². The minimum absolute atomic E-state index is 0.220. The molecule has 0 saturated carbocycles.